The zero-order chi connectivity index (χ0) is 72.0. The summed E-state index contributed by atoms with van der Waals surface area (Å²) in [5.74, 6) is 0.756. The zero-order valence-corrected chi connectivity index (χ0v) is 59.6. The quantitative estimate of drug-likeness (QED) is 0.0861. The standard InChI is InChI=1S/C99H70N6O4/c1-99(2)83-31-12-9-24-71(83)72-43-38-65(54-84(72)99)93-100-94(103-97(102-93)79-29-16-27-77-73-25-10-13-32-85(73)108-91(77)79)66-39-45-76-82-53-64(42-47-88(82)107-90(76)55-66)62-23-15-22-61(48-62)59-34-36-60(37-35-59)69-49-68(58-20-7-4-8-21-58)50-70(51-69)96-101-95(104-98(105-96)80-30-17-28-78-74-26-11-14-33-86(74)109-92(78)80)67-40-44-75-81-52-63(57-18-5-3-6-19-57)41-46-87(81)106-89(75)56-67/h3-56,93-96,98,100-101,104-105H,1-2H3,(H,102,103). The SMILES string of the molecule is CC1(C)c2ccccc2-c2ccc(C3NC(c4cccc5c4oc4ccccc45)=NC(c4ccc5c(c4)oc4ccc(-c6cccc(-c7ccc(-c8cc(-c9ccccc9)cc(C9NC(c%10ccc%11c(c%10)oc%10ccc(-c%12ccccc%12)cc%10%11)NC(c%10cccc%11c%10oc%10ccccc%10%11)N9)c8)cc7)c6)cc45)N3)cc21. The smallest absolute Gasteiger partial charge is 0.146 e. The molecule has 4 aromatic heterocycles. The second-order valence-electron chi connectivity index (χ2n) is 29.9. The van der Waals surface area contributed by atoms with Gasteiger partial charge < -0.3 is 23.0 Å². The van der Waals surface area contributed by atoms with Gasteiger partial charge in [0, 0.05) is 54.1 Å². The largest absolute Gasteiger partial charge is 0.456 e. The third-order valence-corrected chi connectivity index (χ3v) is 23.1. The lowest BCUT2D eigenvalue weighted by Crippen LogP contribution is -2.54. The summed E-state index contributed by atoms with van der Waals surface area (Å²) >= 11 is 0. The van der Waals surface area contributed by atoms with Crippen LogP contribution in [-0.4, -0.2) is 5.84 Å². The fourth-order valence-corrected chi connectivity index (χ4v) is 17.5. The maximum atomic E-state index is 6.79. The van der Waals surface area contributed by atoms with E-state index in [1.165, 1.54) is 27.8 Å². The molecule has 1 saturated heterocycles. The van der Waals surface area contributed by atoms with Crippen LogP contribution in [0.15, 0.2) is 350 Å². The summed E-state index contributed by atoms with van der Waals surface area (Å²) in [7, 11) is 0. The zero-order valence-electron chi connectivity index (χ0n) is 59.6. The maximum absolute atomic E-state index is 6.79. The molecule has 19 aromatic rings. The molecule has 520 valence electrons. The molecule has 22 rings (SSSR count). The van der Waals surface area contributed by atoms with Gasteiger partial charge in [-0.2, -0.15) is 0 Å². The van der Waals surface area contributed by atoms with Crippen LogP contribution in [0.1, 0.15) is 89.2 Å². The first-order valence-corrected chi connectivity index (χ1v) is 37.5. The molecular formula is C99H70N6O4. The van der Waals surface area contributed by atoms with Gasteiger partial charge in [0.1, 0.15) is 62.8 Å². The number of hydrogen-bond acceptors (Lipinski definition) is 10. The number of aliphatic imine (C=N–C) groups is 1. The lowest BCUT2D eigenvalue weighted by Gasteiger charge is -2.39. The number of hydrogen-bond donors (Lipinski definition) is 5. The number of benzene rings is 15. The molecule has 5 unspecified atom stereocenters. The Bertz CT molecular complexity index is 6920. The molecule has 15 aromatic carbocycles. The van der Waals surface area contributed by atoms with Gasteiger partial charge in [-0.05, 0) is 179 Å². The minimum absolute atomic E-state index is 0.161. The van der Waals surface area contributed by atoms with E-state index < -0.39 is 6.17 Å². The first kappa shape index (κ1) is 63.1. The van der Waals surface area contributed by atoms with Crippen molar-refractivity contribution in [2.75, 3.05) is 0 Å². The molecule has 0 amide bonds. The van der Waals surface area contributed by atoms with Crippen LogP contribution in [0.4, 0.5) is 0 Å². The van der Waals surface area contributed by atoms with Crippen molar-refractivity contribution in [1.82, 2.24) is 26.6 Å². The van der Waals surface area contributed by atoms with E-state index in [9.17, 15) is 0 Å². The van der Waals surface area contributed by atoms with Gasteiger partial charge in [-0.1, -0.05) is 263 Å². The van der Waals surface area contributed by atoms with Crippen molar-refractivity contribution in [3.63, 3.8) is 0 Å². The highest BCUT2D eigenvalue weighted by atomic mass is 16.3. The number of furan rings is 4. The first-order chi connectivity index (χ1) is 53.7. The van der Waals surface area contributed by atoms with Crippen molar-refractivity contribution in [2.24, 2.45) is 4.99 Å². The van der Waals surface area contributed by atoms with E-state index >= 15 is 0 Å². The minimum atomic E-state index is -0.428. The van der Waals surface area contributed by atoms with Crippen LogP contribution in [0.3, 0.4) is 0 Å². The minimum Gasteiger partial charge on any atom is -0.456 e. The predicted molar refractivity (Wildman–Crippen MR) is 442 cm³/mol. The normalized spacial score (nSPS) is 17.6. The Balaban J connectivity index is 0.576. The third kappa shape index (κ3) is 10.7. The lowest BCUT2D eigenvalue weighted by molar-refractivity contribution is 0.203. The van der Waals surface area contributed by atoms with Crippen LogP contribution >= 0.6 is 0 Å². The number of fused-ring (bicyclic) bond motifs is 15. The molecule has 109 heavy (non-hydrogen) atoms. The Morgan fingerprint density at radius 3 is 1.41 bits per heavy atom. The van der Waals surface area contributed by atoms with Gasteiger partial charge in [-0.25, -0.2) is 4.99 Å². The Hall–Kier alpha value is -13.2. The fourth-order valence-electron chi connectivity index (χ4n) is 17.5. The van der Waals surface area contributed by atoms with Gasteiger partial charge in [-0.15, -0.1) is 0 Å². The average Bonchev–Trinajstić information content (AvgIpc) is 1.52. The van der Waals surface area contributed by atoms with E-state index in [4.69, 9.17) is 22.7 Å². The third-order valence-electron chi connectivity index (χ3n) is 23.1. The van der Waals surface area contributed by atoms with E-state index in [2.05, 4.69) is 344 Å². The fraction of sp³-hybridized carbons (Fsp3) is 0.0808. The highest BCUT2D eigenvalue weighted by Gasteiger charge is 2.38. The monoisotopic (exact) mass is 1410 g/mol. The number of para-hydroxylation sites is 4. The molecule has 6 heterocycles. The van der Waals surface area contributed by atoms with Crippen molar-refractivity contribution < 1.29 is 17.7 Å². The molecule has 0 saturated carbocycles. The van der Waals surface area contributed by atoms with Crippen molar-refractivity contribution in [3.05, 3.63) is 372 Å². The van der Waals surface area contributed by atoms with Crippen molar-refractivity contribution in [3.8, 4) is 66.8 Å². The van der Waals surface area contributed by atoms with Crippen LogP contribution in [-0.2, 0) is 5.41 Å². The van der Waals surface area contributed by atoms with E-state index in [-0.39, 0.29) is 30.1 Å². The van der Waals surface area contributed by atoms with Crippen molar-refractivity contribution in [1.29, 1.82) is 0 Å². The summed E-state index contributed by atoms with van der Waals surface area (Å²) in [6.45, 7) is 4.66. The van der Waals surface area contributed by atoms with Gasteiger partial charge in [-0.3, -0.25) is 21.3 Å². The van der Waals surface area contributed by atoms with Gasteiger partial charge >= 0.3 is 0 Å². The highest BCUT2D eigenvalue weighted by molar-refractivity contribution is 6.15. The van der Waals surface area contributed by atoms with Crippen molar-refractivity contribution >= 4 is 93.6 Å². The number of rotatable bonds is 11. The number of nitrogens with zero attached hydrogens (tertiary/aromatic N) is 1. The number of amidine groups is 1. The molecule has 1 fully saturated rings. The molecule has 10 nitrogen and oxygen atoms in total. The molecule has 2 aliphatic heterocycles. The van der Waals surface area contributed by atoms with E-state index in [1.54, 1.807) is 0 Å². The molecule has 1 aliphatic carbocycles. The molecule has 5 N–H and O–H groups in total. The predicted octanol–water partition coefficient (Wildman–Crippen LogP) is 24.4. The topological polar surface area (TPSA) is 125 Å². The van der Waals surface area contributed by atoms with E-state index in [1.807, 2.05) is 24.3 Å². The summed E-state index contributed by atoms with van der Waals surface area (Å²) in [5.41, 5.74) is 29.2. The van der Waals surface area contributed by atoms with Gasteiger partial charge in [0.05, 0.1) is 24.1 Å². The molecule has 0 spiro atoms. The molecule has 3 aliphatic rings. The van der Waals surface area contributed by atoms with Crippen LogP contribution in [0.2, 0.25) is 0 Å². The average molecular weight is 1410 g/mol. The summed E-state index contributed by atoms with van der Waals surface area (Å²) in [4.78, 5) is 5.49. The van der Waals surface area contributed by atoms with Crippen molar-refractivity contribution in [2.45, 2.75) is 50.1 Å². The molecular weight excluding hydrogens is 1340 g/mol. The Morgan fingerprint density at radius 1 is 0.257 bits per heavy atom. The molecule has 10 heteroatoms. The van der Waals surface area contributed by atoms with E-state index in [0.717, 1.165) is 177 Å². The van der Waals surface area contributed by atoms with Crippen LogP contribution in [0.25, 0.3) is 155 Å². The first-order valence-electron chi connectivity index (χ1n) is 37.5. The van der Waals surface area contributed by atoms with Gasteiger partial charge in [0.15, 0.2) is 0 Å². The summed E-state index contributed by atoms with van der Waals surface area (Å²) in [6.07, 6.45) is -1.68. The Labute approximate surface area is 628 Å². The molecule has 0 radical (unpaired) electrons. The lowest BCUT2D eigenvalue weighted by atomic mass is 9.82. The Kier molecular flexibility index (Phi) is 14.5. The highest BCUT2D eigenvalue weighted by Crippen LogP contribution is 2.50. The second kappa shape index (κ2) is 25.0. The summed E-state index contributed by atoms with van der Waals surface area (Å²) < 4.78 is 26.9. The van der Waals surface area contributed by atoms with Crippen LogP contribution < -0.4 is 26.6 Å². The Morgan fingerprint density at radius 2 is 0.706 bits per heavy atom. The van der Waals surface area contributed by atoms with Gasteiger partial charge in [0.25, 0.3) is 0 Å². The summed E-state index contributed by atoms with van der Waals surface area (Å²) in [5, 5.41) is 28.4. The molecule has 5 atom stereocenters. The van der Waals surface area contributed by atoms with Crippen LogP contribution in [0, 0.1) is 0 Å². The second-order valence-corrected chi connectivity index (χ2v) is 29.9. The van der Waals surface area contributed by atoms with E-state index in [0.29, 0.717) is 0 Å². The molecule has 0 bridgehead atoms. The summed E-state index contributed by atoms with van der Waals surface area (Å²) in [6, 6.07) is 117. The van der Waals surface area contributed by atoms with Gasteiger partial charge in [0.2, 0.25) is 0 Å². The van der Waals surface area contributed by atoms with Crippen LogP contribution in [0.5, 0.6) is 0 Å². The number of nitrogens with one attached hydrogen (secondary N) is 5. The maximum Gasteiger partial charge on any atom is 0.146 e.